The lowest BCUT2D eigenvalue weighted by Crippen LogP contribution is -2.41. The van der Waals surface area contributed by atoms with Crippen LogP contribution in [0, 0.1) is 11.7 Å². The molecule has 1 aromatic carbocycles. The van der Waals surface area contributed by atoms with Crippen molar-refractivity contribution in [2.24, 2.45) is 5.92 Å². The predicted octanol–water partition coefficient (Wildman–Crippen LogP) is 2.07. The van der Waals surface area contributed by atoms with E-state index >= 15 is 0 Å². The van der Waals surface area contributed by atoms with E-state index < -0.39 is 21.9 Å². The van der Waals surface area contributed by atoms with Crippen LogP contribution < -0.4 is 4.72 Å². The van der Waals surface area contributed by atoms with Crippen LogP contribution in [-0.2, 0) is 16.6 Å². The van der Waals surface area contributed by atoms with Gasteiger partial charge in [0.2, 0.25) is 10.0 Å². The molecule has 1 aromatic heterocycles. The molecular weight excluding hydrogens is 331 g/mol. The van der Waals surface area contributed by atoms with Crippen molar-refractivity contribution in [3.05, 3.63) is 41.4 Å². The van der Waals surface area contributed by atoms with Crippen LogP contribution in [0.1, 0.15) is 13.8 Å². The molecule has 22 heavy (non-hydrogen) atoms. The summed E-state index contributed by atoms with van der Waals surface area (Å²) in [6, 6.07) is 2.90. The van der Waals surface area contributed by atoms with E-state index in [0.29, 0.717) is 6.54 Å². The number of sulfonamides is 1. The lowest BCUT2D eigenvalue weighted by atomic mass is 10.1. The van der Waals surface area contributed by atoms with Gasteiger partial charge in [0, 0.05) is 12.2 Å². The highest BCUT2D eigenvalue weighted by molar-refractivity contribution is 7.89. The first-order valence-electron chi connectivity index (χ1n) is 6.61. The SMILES string of the molecule is CC(C)[C@H](Cn1ccnn1)NS(=O)(=O)c1ccc(F)c(Cl)c1. The van der Waals surface area contributed by atoms with Gasteiger partial charge in [-0.1, -0.05) is 30.7 Å². The molecule has 0 aliphatic heterocycles. The highest BCUT2D eigenvalue weighted by Crippen LogP contribution is 2.20. The third kappa shape index (κ3) is 4.02. The number of hydrogen-bond donors (Lipinski definition) is 1. The Morgan fingerprint density at radius 2 is 2.14 bits per heavy atom. The van der Waals surface area contributed by atoms with Gasteiger partial charge in [0.1, 0.15) is 5.82 Å². The van der Waals surface area contributed by atoms with Gasteiger partial charge in [0.25, 0.3) is 0 Å². The Hall–Kier alpha value is -1.51. The van der Waals surface area contributed by atoms with E-state index in [0.717, 1.165) is 12.1 Å². The van der Waals surface area contributed by atoms with Gasteiger partial charge < -0.3 is 0 Å². The molecule has 1 N–H and O–H groups in total. The third-order valence-corrected chi connectivity index (χ3v) is 4.95. The van der Waals surface area contributed by atoms with Gasteiger partial charge in [-0.2, -0.15) is 0 Å². The van der Waals surface area contributed by atoms with Crippen molar-refractivity contribution in [3.63, 3.8) is 0 Å². The zero-order valence-corrected chi connectivity index (χ0v) is 13.6. The van der Waals surface area contributed by atoms with Gasteiger partial charge in [-0.15, -0.1) is 5.10 Å². The van der Waals surface area contributed by atoms with Gasteiger partial charge in [0.05, 0.1) is 22.7 Å². The average Bonchev–Trinajstić information content (AvgIpc) is 2.93. The highest BCUT2D eigenvalue weighted by atomic mass is 35.5. The van der Waals surface area contributed by atoms with Crippen molar-refractivity contribution in [3.8, 4) is 0 Å². The first-order chi connectivity index (χ1) is 10.3. The summed E-state index contributed by atoms with van der Waals surface area (Å²) in [5, 5.41) is 7.28. The molecule has 2 aromatic rings. The van der Waals surface area contributed by atoms with Crippen molar-refractivity contribution in [1.29, 1.82) is 0 Å². The molecule has 9 heteroatoms. The van der Waals surface area contributed by atoms with E-state index in [-0.39, 0.29) is 15.8 Å². The van der Waals surface area contributed by atoms with Gasteiger partial charge in [-0.25, -0.2) is 17.5 Å². The molecule has 1 atom stereocenters. The van der Waals surface area contributed by atoms with Crippen LogP contribution in [0.3, 0.4) is 0 Å². The van der Waals surface area contributed by atoms with Crippen LogP contribution in [0.25, 0.3) is 0 Å². The fourth-order valence-corrected chi connectivity index (χ4v) is 3.47. The van der Waals surface area contributed by atoms with Crippen LogP contribution in [0.5, 0.6) is 0 Å². The molecule has 2 rings (SSSR count). The van der Waals surface area contributed by atoms with Crippen LogP contribution in [0.15, 0.2) is 35.5 Å². The van der Waals surface area contributed by atoms with E-state index in [1.807, 2.05) is 13.8 Å². The Bertz CT molecular complexity index is 735. The first-order valence-corrected chi connectivity index (χ1v) is 8.47. The Balaban J connectivity index is 2.22. The number of nitrogens with one attached hydrogen (secondary N) is 1. The normalized spacial score (nSPS) is 13.5. The second kappa shape index (κ2) is 6.72. The van der Waals surface area contributed by atoms with Crippen LogP contribution in [0.2, 0.25) is 5.02 Å². The summed E-state index contributed by atoms with van der Waals surface area (Å²) in [6.07, 6.45) is 3.17. The summed E-state index contributed by atoms with van der Waals surface area (Å²) in [5.41, 5.74) is 0. The van der Waals surface area contributed by atoms with E-state index in [4.69, 9.17) is 11.6 Å². The maximum atomic E-state index is 13.2. The minimum absolute atomic E-state index is 0.0231. The molecule has 0 saturated heterocycles. The third-order valence-electron chi connectivity index (χ3n) is 3.17. The molecule has 0 unspecified atom stereocenters. The fourth-order valence-electron chi connectivity index (χ4n) is 1.83. The van der Waals surface area contributed by atoms with E-state index in [2.05, 4.69) is 15.0 Å². The lowest BCUT2D eigenvalue weighted by molar-refractivity contribution is 0.378. The first kappa shape index (κ1) is 16.9. The molecule has 0 aliphatic carbocycles. The summed E-state index contributed by atoms with van der Waals surface area (Å²) in [7, 11) is -3.81. The second-order valence-electron chi connectivity index (χ2n) is 5.17. The topological polar surface area (TPSA) is 76.9 Å². The molecule has 0 radical (unpaired) electrons. The van der Waals surface area contributed by atoms with Crippen molar-refractivity contribution in [1.82, 2.24) is 19.7 Å². The van der Waals surface area contributed by atoms with Gasteiger partial charge in [0.15, 0.2) is 0 Å². The van der Waals surface area contributed by atoms with Crippen LogP contribution >= 0.6 is 11.6 Å². The lowest BCUT2D eigenvalue weighted by Gasteiger charge is -2.22. The maximum absolute atomic E-state index is 13.2. The molecule has 0 bridgehead atoms. The molecule has 0 spiro atoms. The maximum Gasteiger partial charge on any atom is 0.240 e. The Kier molecular flexibility index (Phi) is 5.15. The molecular formula is C13H16ClFN4O2S. The molecule has 0 saturated carbocycles. The zero-order valence-electron chi connectivity index (χ0n) is 12.1. The second-order valence-corrected chi connectivity index (χ2v) is 7.29. The molecule has 0 fully saturated rings. The van der Waals surface area contributed by atoms with Crippen molar-refractivity contribution in [2.45, 2.75) is 31.3 Å². The van der Waals surface area contributed by atoms with Crippen molar-refractivity contribution >= 4 is 21.6 Å². The quantitative estimate of drug-likeness (QED) is 0.868. The number of benzene rings is 1. The zero-order chi connectivity index (χ0) is 16.3. The summed E-state index contributed by atoms with van der Waals surface area (Å²) < 4.78 is 42.1. The minimum Gasteiger partial charge on any atom is -0.251 e. The Morgan fingerprint density at radius 1 is 1.41 bits per heavy atom. The number of rotatable bonds is 6. The van der Waals surface area contributed by atoms with Gasteiger partial charge in [-0.3, -0.25) is 4.68 Å². The van der Waals surface area contributed by atoms with E-state index in [1.54, 1.807) is 10.9 Å². The molecule has 1 heterocycles. The number of aromatic nitrogens is 3. The fraction of sp³-hybridized carbons (Fsp3) is 0.385. The van der Waals surface area contributed by atoms with Crippen LogP contribution in [-0.4, -0.2) is 29.5 Å². The molecule has 0 aliphatic rings. The van der Waals surface area contributed by atoms with E-state index in [9.17, 15) is 12.8 Å². The number of halogens is 2. The van der Waals surface area contributed by atoms with Crippen LogP contribution in [0.4, 0.5) is 4.39 Å². The van der Waals surface area contributed by atoms with Gasteiger partial charge in [-0.05, 0) is 24.1 Å². The highest BCUT2D eigenvalue weighted by Gasteiger charge is 2.23. The monoisotopic (exact) mass is 346 g/mol. The summed E-state index contributed by atoms with van der Waals surface area (Å²) in [6.45, 7) is 4.12. The van der Waals surface area contributed by atoms with Gasteiger partial charge >= 0.3 is 0 Å². The Labute approximate surface area is 133 Å². The standard InChI is InChI=1S/C13H16ClFN4O2S/c1-9(2)13(8-19-6-5-16-18-19)17-22(20,21)10-3-4-12(15)11(14)7-10/h3-7,9,13,17H,8H2,1-2H3/t13-/m0/s1. The molecule has 0 amide bonds. The largest absolute Gasteiger partial charge is 0.251 e. The Morgan fingerprint density at radius 3 is 2.68 bits per heavy atom. The summed E-state index contributed by atoms with van der Waals surface area (Å²) in [5.74, 6) is -0.640. The molecule has 6 nitrogen and oxygen atoms in total. The summed E-state index contributed by atoms with van der Waals surface area (Å²) >= 11 is 5.64. The number of hydrogen-bond acceptors (Lipinski definition) is 4. The van der Waals surface area contributed by atoms with Crippen molar-refractivity contribution in [2.75, 3.05) is 0 Å². The molecule has 120 valence electrons. The number of nitrogens with zero attached hydrogens (tertiary/aromatic N) is 3. The smallest absolute Gasteiger partial charge is 0.240 e. The van der Waals surface area contributed by atoms with Crippen molar-refractivity contribution < 1.29 is 12.8 Å². The van der Waals surface area contributed by atoms with E-state index in [1.165, 1.54) is 12.3 Å². The predicted molar refractivity (Wildman–Crippen MR) is 80.4 cm³/mol. The minimum atomic E-state index is -3.81. The average molecular weight is 347 g/mol. The summed E-state index contributed by atoms with van der Waals surface area (Å²) in [4.78, 5) is -0.0804.